The van der Waals surface area contributed by atoms with Crippen molar-refractivity contribution in [1.82, 2.24) is 9.62 Å². The molecular weight excluding hydrogens is 422 g/mol. The zero-order valence-corrected chi connectivity index (χ0v) is 20.4. The molecule has 1 saturated heterocycles. The van der Waals surface area contributed by atoms with Crippen molar-refractivity contribution < 1.29 is 13.2 Å². The van der Waals surface area contributed by atoms with Gasteiger partial charge in [-0.1, -0.05) is 48.9 Å². The number of hydrogen-bond acceptors (Lipinski definition) is 4. The van der Waals surface area contributed by atoms with Gasteiger partial charge in [0.15, 0.2) is 0 Å². The average Bonchev–Trinajstić information content (AvgIpc) is 2.75. The van der Waals surface area contributed by atoms with Crippen molar-refractivity contribution in [2.45, 2.75) is 46.2 Å². The minimum atomic E-state index is -3.52. The number of nitrogens with zero attached hydrogens (tertiary/aromatic N) is 2. The van der Waals surface area contributed by atoms with Crippen LogP contribution in [0.15, 0.2) is 48.5 Å². The van der Waals surface area contributed by atoms with Crippen molar-refractivity contribution >= 4 is 21.6 Å². The summed E-state index contributed by atoms with van der Waals surface area (Å²) in [4.78, 5) is 15.1. The van der Waals surface area contributed by atoms with Gasteiger partial charge in [0.05, 0.1) is 18.8 Å². The van der Waals surface area contributed by atoms with Crippen molar-refractivity contribution in [1.29, 1.82) is 0 Å². The van der Waals surface area contributed by atoms with E-state index in [1.54, 1.807) is 0 Å². The van der Waals surface area contributed by atoms with Crippen LogP contribution < -0.4 is 10.2 Å². The molecule has 1 aliphatic heterocycles. The van der Waals surface area contributed by atoms with E-state index in [2.05, 4.69) is 29.3 Å². The molecule has 2 aromatic carbocycles. The molecule has 3 rings (SSSR count). The van der Waals surface area contributed by atoms with Crippen LogP contribution in [0.1, 0.15) is 49.4 Å². The lowest BCUT2D eigenvalue weighted by Crippen LogP contribution is -2.40. The highest BCUT2D eigenvalue weighted by molar-refractivity contribution is 7.88. The molecule has 174 valence electrons. The molecule has 0 radical (unpaired) electrons. The lowest BCUT2D eigenvalue weighted by molar-refractivity contribution is -0.122. The maximum absolute atomic E-state index is 12.6. The van der Waals surface area contributed by atoms with Crippen molar-refractivity contribution in [2.24, 2.45) is 5.92 Å². The molecule has 1 atom stereocenters. The first-order valence-corrected chi connectivity index (χ1v) is 13.1. The Morgan fingerprint density at radius 1 is 1.09 bits per heavy atom. The lowest BCUT2D eigenvalue weighted by Gasteiger charge is -2.32. The molecule has 0 spiro atoms. The Morgan fingerprint density at radius 2 is 1.69 bits per heavy atom. The van der Waals surface area contributed by atoms with E-state index in [-0.39, 0.29) is 25.0 Å². The molecule has 0 aromatic heterocycles. The summed E-state index contributed by atoms with van der Waals surface area (Å²) in [5.41, 5.74) is 4.16. The Labute approximate surface area is 192 Å². The third-order valence-corrected chi connectivity index (χ3v) is 7.38. The fourth-order valence-corrected chi connectivity index (χ4v) is 4.69. The topological polar surface area (TPSA) is 69.7 Å². The van der Waals surface area contributed by atoms with E-state index < -0.39 is 10.0 Å². The van der Waals surface area contributed by atoms with E-state index in [9.17, 15) is 13.2 Å². The van der Waals surface area contributed by atoms with Crippen molar-refractivity contribution in [2.75, 3.05) is 30.8 Å². The molecule has 0 saturated carbocycles. The summed E-state index contributed by atoms with van der Waals surface area (Å²) >= 11 is 0. The molecule has 1 aliphatic rings. The van der Waals surface area contributed by atoms with Gasteiger partial charge in [0.25, 0.3) is 0 Å². The summed E-state index contributed by atoms with van der Waals surface area (Å²) in [7, 11) is -3.52. The predicted octanol–water partition coefficient (Wildman–Crippen LogP) is 3.87. The van der Waals surface area contributed by atoms with Gasteiger partial charge in [-0.3, -0.25) is 4.79 Å². The molecule has 1 fully saturated rings. The van der Waals surface area contributed by atoms with E-state index in [4.69, 9.17) is 0 Å². The summed E-state index contributed by atoms with van der Waals surface area (Å²) in [6, 6.07) is 15.7. The second kappa shape index (κ2) is 10.5. The monoisotopic (exact) mass is 457 g/mol. The van der Waals surface area contributed by atoms with Crippen LogP contribution in [0.3, 0.4) is 0 Å². The van der Waals surface area contributed by atoms with E-state index in [1.807, 2.05) is 50.2 Å². The van der Waals surface area contributed by atoms with Crippen LogP contribution in [0.2, 0.25) is 0 Å². The van der Waals surface area contributed by atoms with E-state index >= 15 is 0 Å². The zero-order chi connectivity index (χ0) is 23.3. The molecule has 6 nitrogen and oxygen atoms in total. The number of nitrogens with one attached hydrogen (secondary N) is 1. The normalized spacial score (nSPS) is 16.2. The fourth-order valence-electron chi connectivity index (χ4n) is 3.96. The fraction of sp³-hybridized carbons (Fsp3) is 0.480. The molecule has 1 heterocycles. The van der Waals surface area contributed by atoms with Crippen LogP contribution in [0.5, 0.6) is 0 Å². The summed E-state index contributed by atoms with van der Waals surface area (Å²) < 4.78 is 25.7. The summed E-state index contributed by atoms with van der Waals surface area (Å²) in [6.07, 6.45) is 3.57. The molecule has 2 aromatic rings. The maximum Gasteiger partial charge on any atom is 0.235 e. The Hall–Kier alpha value is -2.38. The minimum Gasteiger partial charge on any atom is -0.372 e. The van der Waals surface area contributed by atoms with E-state index in [0.29, 0.717) is 0 Å². The van der Waals surface area contributed by atoms with Crippen LogP contribution in [-0.2, 0) is 21.4 Å². The van der Waals surface area contributed by atoms with Crippen LogP contribution in [0, 0.1) is 12.8 Å². The van der Waals surface area contributed by atoms with Gasteiger partial charge in [-0.2, -0.15) is 4.31 Å². The van der Waals surface area contributed by atoms with Crippen LogP contribution in [0.25, 0.3) is 0 Å². The minimum absolute atomic E-state index is 0.171. The largest absolute Gasteiger partial charge is 0.372 e. The number of rotatable bonds is 8. The van der Waals surface area contributed by atoms with Gasteiger partial charge in [-0.15, -0.1) is 0 Å². The molecule has 1 unspecified atom stereocenters. The van der Waals surface area contributed by atoms with Gasteiger partial charge >= 0.3 is 0 Å². The summed E-state index contributed by atoms with van der Waals surface area (Å²) in [6.45, 7) is 8.32. The smallest absolute Gasteiger partial charge is 0.235 e. The number of aryl methyl sites for hydroxylation is 1. The lowest BCUT2D eigenvalue weighted by atomic mass is 9.98. The quantitative estimate of drug-likeness (QED) is 0.653. The van der Waals surface area contributed by atoms with Crippen molar-refractivity contribution in [3.8, 4) is 0 Å². The number of amides is 1. The molecule has 0 bridgehead atoms. The second-order valence-corrected chi connectivity index (χ2v) is 11.0. The zero-order valence-electron chi connectivity index (χ0n) is 19.5. The first-order chi connectivity index (χ1) is 15.1. The molecule has 32 heavy (non-hydrogen) atoms. The average molecular weight is 458 g/mol. The summed E-state index contributed by atoms with van der Waals surface area (Å²) in [5, 5.41) is 2.94. The Balaban J connectivity index is 1.59. The molecule has 1 N–H and O–H groups in total. The van der Waals surface area contributed by atoms with Gasteiger partial charge in [0.2, 0.25) is 15.9 Å². The van der Waals surface area contributed by atoms with Gasteiger partial charge < -0.3 is 10.2 Å². The first-order valence-electron chi connectivity index (χ1n) is 11.3. The van der Waals surface area contributed by atoms with Crippen molar-refractivity contribution in [3.63, 3.8) is 0 Å². The first kappa shape index (κ1) is 24.3. The Bertz CT molecular complexity index is 996. The summed E-state index contributed by atoms with van der Waals surface area (Å²) in [5.74, 6) is 0.474. The van der Waals surface area contributed by atoms with Crippen LogP contribution >= 0.6 is 0 Å². The van der Waals surface area contributed by atoms with Gasteiger partial charge in [-0.25, -0.2) is 8.42 Å². The number of hydrogen-bond donors (Lipinski definition) is 1. The number of piperidine rings is 1. The number of sulfonamides is 1. The molecule has 0 aliphatic carbocycles. The number of anilines is 1. The molecule has 1 amide bonds. The highest BCUT2D eigenvalue weighted by Crippen LogP contribution is 2.24. The Kier molecular flexibility index (Phi) is 7.96. The SMILES string of the molecule is Cc1ccc(CN(CC(=O)NC(C)c2ccc(N3CCC(C)CC3)cc2)S(C)(=O)=O)cc1. The predicted molar refractivity (Wildman–Crippen MR) is 130 cm³/mol. The number of benzene rings is 2. The highest BCUT2D eigenvalue weighted by atomic mass is 32.2. The third kappa shape index (κ3) is 6.81. The van der Waals surface area contributed by atoms with Crippen LogP contribution in [-0.4, -0.2) is 44.5 Å². The molecular formula is C25H35N3O3S. The standard InChI is InChI=1S/C25H35N3O3S/c1-19-5-7-22(8-6-19)17-28(32(4,30)31)18-25(29)26-21(3)23-9-11-24(12-10-23)27-15-13-20(2)14-16-27/h5-12,20-21H,13-18H2,1-4H3,(H,26,29). The van der Waals surface area contributed by atoms with E-state index in [0.717, 1.165) is 42.0 Å². The third-order valence-electron chi connectivity index (χ3n) is 6.19. The number of carbonyl (C=O) groups is 1. The van der Waals surface area contributed by atoms with E-state index in [1.165, 1.54) is 22.8 Å². The second-order valence-electron chi connectivity index (χ2n) is 9.07. The van der Waals surface area contributed by atoms with Gasteiger partial charge in [-0.05, 0) is 55.9 Å². The molecule has 7 heteroatoms. The van der Waals surface area contributed by atoms with Crippen molar-refractivity contribution in [3.05, 3.63) is 65.2 Å². The highest BCUT2D eigenvalue weighted by Gasteiger charge is 2.22. The number of carbonyl (C=O) groups excluding carboxylic acids is 1. The van der Waals surface area contributed by atoms with Gasteiger partial charge in [0.1, 0.15) is 0 Å². The Morgan fingerprint density at radius 3 is 2.25 bits per heavy atom. The van der Waals surface area contributed by atoms with Crippen LogP contribution in [0.4, 0.5) is 5.69 Å². The maximum atomic E-state index is 12.6. The van der Waals surface area contributed by atoms with Gasteiger partial charge in [0, 0.05) is 25.3 Å².